The van der Waals surface area contributed by atoms with Crippen LogP contribution < -0.4 is 4.90 Å². The van der Waals surface area contributed by atoms with Gasteiger partial charge in [-0.2, -0.15) is 13.2 Å². The Hall–Kier alpha value is -2.94. The molecule has 2 aliphatic rings. The second-order valence-electron chi connectivity index (χ2n) is 9.64. The van der Waals surface area contributed by atoms with E-state index in [9.17, 15) is 22.4 Å². The standard InChI is InChI=1S/C28H23Cl2F4N3O/c29-21-5-6-24-22(16-21)27(17-37(24)26(38)19-7-10-35-25(30)14-19)8-12-36(13-9-27)11-1-2-18-3-4-20(15-23(18)31)28(32,33)34/h1-7,10,14-16H,8-9,11-13,17H2. The van der Waals surface area contributed by atoms with Crippen molar-refractivity contribution in [3.05, 3.63) is 99.1 Å². The minimum Gasteiger partial charge on any atom is -0.307 e. The fourth-order valence-electron chi connectivity index (χ4n) is 5.27. The number of anilines is 1. The second-order valence-corrected chi connectivity index (χ2v) is 10.5. The number of aromatic nitrogens is 1. The molecule has 0 unspecified atom stereocenters. The third-order valence-corrected chi connectivity index (χ3v) is 7.74. The van der Waals surface area contributed by atoms with Crippen molar-refractivity contribution >= 4 is 40.9 Å². The molecule has 1 saturated heterocycles. The van der Waals surface area contributed by atoms with Gasteiger partial charge in [-0.1, -0.05) is 41.4 Å². The lowest BCUT2D eigenvalue weighted by Gasteiger charge is -2.39. The maximum Gasteiger partial charge on any atom is 0.416 e. The number of rotatable bonds is 4. The average molecular weight is 564 g/mol. The van der Waals surface area contributed by atoms with Crippen LogP contribution >= 0.6 is 23.2 Å². The van der Waals surface area contributed by atoms with E-state index in [-0.39, 0.29) is 22.0 Å². The molecule has 0 saturated carbocycles. The van der Waals surface area contributed by atoms with Gasteiger partial charge in [-0.05, 0) is 74.0 Å². The van der Waals surface area contributed by atoms with E-state index in [2.05, 4.69) is 9.88 Å². The molecule has 1 fully saturated rings. The van der Waals surface area contributed by atoms with Crippen LogP contribution in [0.1, 0.15) is 39.9 Å². The Morgan fingerprint density at radius 1 is 1.05 bits per heavy atom. The molecule has 3 aromatic rings. The van der Waals surface area contributed by atoms with Gasteiger partial charge in [0.15, 0.2) is 0 Å². The maximum absolute atomic E-state index is 14.1. The third kappa shape index (κ3) is 5.30. The molecule has 1 aromatic heterocycles. The molecule has 198 valence electrons. The van der Waals surface area contributed by atoms with Gasteiger partial charge in [0.25, 0.3) is 5.91 Å². The maximum atomic E-state index is 14.1. The number of carbonyl (C=O) groups is 1. The fraction of sp³-hybridized carbons (Fsp3) is 0.286. The van der Waals surface area contributed by atoms with E-state index in [0.29, 0.717) is 29.7 Å². The zero-order valence-electron chi connectivity index (χ0n) is 20.1. The van der Waals surface area contributed by atoms with Crippen LogP contribution in [0.3, 0.4) is 0 Å². The van der Waals surface area contributed by atoms with Crippen LogP contribution in [0.25, 0.3) is 6.08 Å². The minimum atomic E-state index is -4.58. The summed E-state index contributed by atoms with van der Waals surface area (Å²) in [6, 6.07) is 11.3. The molecule has 0 atom stereocenters. The first kappa shape index (κ1) is 26.7. The lowest BCUT2D eigenvalue weighted by molar-refractivity contribution is -0.137. The summed E-state index contributed by atoms with van der Waals surface area (Å²) in [5.41, 5.74) is 1.17. The quantitative estimate of drug-likeness (QED) is 0.248. The van der Waals surface area contributed by atoms with Crippen molar-refractivity contribution in [3.63, 3.8) is 0 Å². The van der Waals surface area contributed by atoms with E-state index in [1.165, 1.54) is 12.3 Å². The Kier molecular flexibility index (Phi) is 7.24. The monoisotopic (exact) mass is 563 g/mol. The summed E-state index contributed by atoms with van der Waals surface area (Å²) in [4.78, 5) is 21.3. The van der Waals surface area contributed by atoms with E-state index in [4.69, 9.17) is 23.2 Å². The fourth-order valence-corrected chi connectivity index (χ4v) is 5.62. The van der Waals surface area contributed by atoms with Crippen LogP contribution in [0.4, 0.5) is 23.2 Å². The third-order valence-electron chi connectivity index (χ3n) is 7.30. The summed E-state index contributed by atoms with van der Waals surface area (Å²) in [6.45, 7) is 2.50. The van der Waals surface area contributed by atoms with Gasteiger partial charge >= 0.3 is 6.18 Å². The Labute approximate surface area is 227 Å². The molecular formula is C28H23Cl2F4N3O. The van der Waals surface area contributed by atoms with Gasteiger partial charge < -0.3 is 4.90 Å². The first-order valence-electron chi connectivity index (χ1n) is 12.0. The summed E-state index contributed by atoms with van der Waals surface area (Å²) >= 11 is 12.4. The van der Waals surface area contributed by atoms with Gasteiger partial charge in [0.05, 0.1) is 5.56 Å². The van der Waals surface area contributed by atoms with Crippen molar-refractivity contribution < 1.29 is 22.4 Å². The second kappa shape index (κ2) is 10.3. The van der Waals surface area contributed by atoms with Gasteiger partial charge in [0.2, 0.25) is 0 Å². The zero-order chi connectivity index (χ0) is 27.1. The number of hydrogen-bond acceptors (Lipinski definition) is 3. The Bertz CT molecular complexity index is 1400. The summed E-state index contributed by atoms with van der Waals surface area (Å²) in [5.74, 6) is -1.06. The predicted octanol–water partition coefficient (Wildman–Crippen LogP) is 7.25. The lowest BCUT2D eigenvalue weighted by atomic mass is 9.74. The SMILES string of the molecule is O=C(c1ccnc(Cl)c1)N1CC2(CCN(CC=Cc3ccc(C(F)(F)F)cc3F)CC2)c2cc(Cl)ccc21. The summed E-state index contributed by atoms with van der Waals surface area (Å²) < 4.78 is 52.5. The topological polar surface area (TPSA) is 36.4 Å². The Morgan fingerprint density at radius 2 is 1.82 bits per heavy atom. The van der Waals surface area contributed by atoms with Crippen molar-refractivity contribution in [1.82, 2.24) is 9.88 Å². The summed E-state index contributed by atoms with van der Waals surface area (Å²) in [5, 5.41) is 0.854. The van der Waals surface area contributed by atoms with Crippen molar-refractivity contribution in [1.29, 1.82) is 0 Å². The number of benzene rings is 2. The Morgan fingerprint density at radius 3 is 2.50 bits per heavy atom. The number of alkyl halides is 3. The van der Waals surface area contributed by atoms with Crippen LogP contribution in [0.2, 0.25) is 10.2 Å². The van der Waals surface area contributed by atoms with Crippen molar-refractivity contribution in [3.8, 4) is 0 Å². The van der Waals surface area contributed by atoms with Gasteiger partial charge in [0.1, 0.15) is 11.0 Å². The van der Waals surface area contributed by atoms with Crippen molar-refractivity contribution in [2.45, 2.75) is 24.4 Å². The van der Waals surface area contributed by atoms with Crippen molar-refractivity contribution in [2.24, 2.45) is 0 Å². The van der Waals surface area contributed by atoms with E-state index in [1.54, 1.807) is 29.2 Å². The zero-order valence-corrected chi connectivity index (χ0v) is 21.6. The first-order chi connectivity index (χ1) is 18.1. The molecule has 0 aliphatic carbocycles. The van der Waals surface area contributed by atoms with Gasteiger partial charge in [-0.25, -0.2) is 9.37 Å². The van der Waals surface area contributed by atoms with Crippen LogP contribution in [0, 0.1) is 5.82 Å². The highest BCUT2D eigenvalue weighted by molar-refractivity contribution is 6.31. The molecular weight excluding hydrogens is 541 g/mol. The molecule has 2 aromatic carbocycles. The molecule has 2 aliphatic heterocycles. The van der Waals surface area contributed by atoms with Crippen LogP contribution in [-0.4, -0.2) is 42.0 Å². The smallest absolute Gasteiger partial charge is 0.307 e. The highest BCUT2D eigenvalue weighted by Crippen LogP contribution is 2.48. The number of halogens is 6. The summed E-state index contributed by atoms with van der Waals surface area (Å²) in [7, 11) is 0. The molecule has 1 amide bonds. The molecule has 38 heavy (non-hydrogen) atoms. The van der Waals surface area contributed by atoms with Gasteiger partial charge in [-0.15, -0.1) is 0 Å². The van der Waals surface area contributed by atoms with E-state index in [1.807, 2.05) is 12.1 Å². The Balaban J connectivity index is 1.28. The van der Waals surface area contributed by atoms with E-state index < -0.39 is 17.6 Å². The molecule has 1 spiro atoms. The van der Waals surface area contributed by atoms with Crippen LogP contribution in [0.15, 0.2) is 60.8 Å². The largest absolute Gasteiger partial charge is 0.416 e. The van der Waals surface area contributed by atoms with Crippen LogP contribution in [-0.2, 0) is 11.6 Å². The predicted molar refractivity (Wildman–Crippen MR) is 140 cm³/mol. The number of fused-ring (bicyclic) bond motifs is 2. The van der Waals surface area contributed by atoms with E-state index in [0.717, 1.165) is 49.3 Å². The normalized spacial score (nSPS) is 17.4. The lowest BCUT2D eigenvalue weighted by Crippen LogP contribution is -2.46. The number of piperidine rings is 1. The number of hydrogen-bond donors (Lipinski definition) is 0. The first-order valence-corrected chi connectivity index (χ1v) is 12.8. The highest BCUT2D eigenvalue weighted by atomic mass is 35.5. The molecule has 10 heteroatoms. The molecule has 5 rings (SSSR count). The molecule has 0 bridgehead atoms. The highest BCUT2D eigenvalue weighted by Gasteiger charge is 2.46. The van der Waals surface area contributed by atoms with Crippen molar-refractivity contribution in [2.75, 3.05) is 31.1 Å². The van der Waals surface area contributed by atoms with E-state index >= 15 is 0 Å². The number of likely N-dealkylation sites (tertiary alicyclic amines) is 1. The number of carbonyl (C=O) groups excluding carboxylic acids is 1. The van der Waals surface area contributed by atoms with Gasteiger partial charge in [-0.3, -0.25) is 9.69 Å². The average Bonchev–Trinajstić information content (AvgIpc) is 3.18. The number of nitrogens with zero attached hydrogens (tertiary/aromatic N) is 3. The van der Waals surface area contributed by atoms with Crippen LogP contribution in [0.5, 0.6) is 0 Å². The molecule has 4 nitrogen and oxygen atoms in total. The molecule has 0 radical (unpaired) electrons. The summed E-state index contributed by atoms with van der Waals surface area (Å²) in [6.07, 6.45) is 1.75. The molecule has 3 heterocycles. The number of amides is 1. The van der Waals surface area contributed by atoms with Gasteiger partial charge in [0, 0.05) is 46.5 Å². The minimum absolute atomic E-state index is 0.108. The number of pyridine rings is 1. The molecule has 0 N–H and O–H groups in total.